The van der Waals surface area contributed by atoms with Crippen LogP contribution in [-0.4, -0.2) is 12.5 Å². The Labute approximate surface area is 137 Å². The van der Waals surface area contributed by atoms with E-state index in [4.69, 9.17) is 0 Å². The summed E-state index contributed by atoms with van der Waals surface area (Å²) in [6.45, 7) is 0.782. The molecule has 0 saturated heterocycles. The van der Waals surface area contributed by atoms with Gasteiger partial charge in [0.05, 0.1) is 0 Å². The number of fused-ring (bicyclic) bond motifs is 1. The van der Waals surface area contributed by atoms with E-state index in [1.807, 2.05) is 0 Å². The first-order valence-electron chi connectivity index (χ1n) is 8.67. The average molecular weight is 305 g/mol. The van der Waals surface area contributed by atoms with Gasteiger partial charge in [0.2, 0.25) is 5.91 Å². The molecule has 2 aliphatic rings. The Kier molecular flexibility index (Phi) is 3.68. The molecule has 1 atom stereocenters. The van der Waals surface area contributed by atoms with Gasteiger partial charge in [-0.25, -0.2) is 0 Å². The van der Waals surface area contributed by atoms with Crippen molar-refractivity contribution in [2.75, 3.05) is 6.54 Å². The van der Waals surface area contributed by atoms with Gasteiger partial charge < -0.3 is 5.32 Å². The number of nitrogens with one attached hydrogen (secondary N) is 1. The van der Waals surface area contributed by atoms with Crippen molar-refractivity contribution in [2.45, 2.75) is 43.4 Å². The molecular weight excluding hydrogens is 282 g/mol. The molecule has 4 rings (SSSR count). The molecule has 2 heteroatoms. The molecule has 2 nitrogen and oxygen atoms in total. The van der Waals surface area contributed by atoms with Gasteiger partial charge in [0.1, 0.15) is 0 Å². The number of benzene rings is 2. The van der Waals surface area contributed by atoms with Crippen LogP contribution in [0.4, 0.5) is 0 Å². The lowest BCUT2D eigenvalue weighted by atomic mass is 9.95. The lowest BCUT2D eigenvalue weighted by molar-refractivity contribution is -0.121. The van der Waals surface area contributed by atoms with Crippen molar-refractivity contribution in [3.63, 3.8) is 0 Å². The third-order valence-electron chi connectivity index (χ3n) is 5.55. The van der Waals surface area contributed by atoms with Crippen LogP contribution in [0.2, 0.25) is 0 Å². The third-order valence-corrected chi connectivity index (χ3v) is 5.55. The fraction of sp³-hybridized carbons (Fsp3) is 0.381. The third kappa shape index (κ3) is 2.90. The van der Waals surface area contributed by atoms with E-state index in [9.17, 15) is 4.79 Å². The van der Waals surface area contributed by atoms with E-state index in [1.165, 1.54) is 29.5 Å². The van der Waals surface area contributed by atoms with Gasteiger partial charge in [-0.05, 0) is 48.3 Å². The summed E-state index contributed by atoms with van der Waals surface area (Å²) in [6.07, 6.45) is 5.22. The van der Waals surface area contributed by atoms with Gasteiger partial charge in [0, 0.05) is 18.4 Å². The van der Waals surface area contributed by atoms with Crippen LogP contribution in [0.1, 0.15) is 48.3 Å². The molecule has 1 N–H and O–H groups in total. The molecule has 1 amide bonds. The molecule has 2 aromatic carbocycles. The van der Waals surface area contributed by atoms with Gasteiger partial charge in [-0.1, -0.05) is 54.6 Å². The molecular formula is C21H23NO. The summed E-state index contributed by atoms with van der Waals surface area (Å²) in [4.78, 5) is 12.4. The van der Waals surface area contributed by atoms with E-state index in [0.29, 0.717) is 12.3 Å². The van der Waals surface area contributed by atoms with Crippen LogP contribution in [0.5, 0.6) is 0 Å². The Hall–Kier alpha value is -2.09. The Morgan fingerprint density at radius 3 is 2.57 bits per heavy atom. The first-order chi connectivity index (χ1) is 11.3. The molecule has 0 radical (unpaired) electrons. The molecule has 0 spiro atoms. The molecule has 0 aromatic heterocycles. The Morgan fingerprint density at radius 1 is 1.04 bits per heavy atom. The summed E-state index contributed by atoms with van der Waals surface area (Å²) in [7, 11) is 0. The Bertz CT molecular complexity index is 703. The first kappa shape index (κ1) is 14.5. The maximum Gasteiger partial charge on any atom is 0.220 e. The SMILES string of the molecule is O=C(CC1CCc2ccccc21)NCC1(c2ccccc2)CC1. The highest BCUT2D eigenvalue weighted by Gasteiger charge is 2.44. The summed E-state index contributed by atoms with van der Waals surface area (Å²) >= 11 is 0. The van der Waals surface area contributed by atoms with Gasteiger partial charge in [0.25, 0.3) is 0 Å². The number of hydrogen-bond donors (Lipinski definition) is 1. The predicted octanol–water partition coefficient (Wildman–Crippen LogP) is 3.95. The molecule has 0 heterocycles. The van der Waals surface area contributed by atoms with Crippen LogP contribution in [0.3, 0.4) is 0 Å². The zero-order valence-electron chi connectivity index (χ0n) is 13.4. The van der Waals surface area contributed by atoms with Crippen molar-refractivity contribution in [3.05, 3.63) is 71.3 Å². The topological polar surface area (TPSA) is 29.1 Å². The quantitative estimate of drug-likeness (QED) is 0.890. The highest BCUT2D eigenvalue weighted by molar-refractivity contribution is 5.77. The Morgan fingerprint density at radius 2 is 1.78 bits per heavy atom. The fourth-order valence-corrected chi connectivity index (χ4v) is 3.93. The molecule has 1 unspecified atom stereocenters. The van der Waals surface area contributed by atoms with Crippen molar-refractivity contribution < 1.29 is 4.79 Å². The van der Waals surface area contributed by atoms with Crippen LogP contribution in [0, 0.1) is 0 Å². The van der Waals surface area contributed by atoms with Crippen molar-refractivity contribution in [3.8, 4) is 0 Å². The van der Waals surface area contributed by atoms with Crippen LogP contribution >= 0.6 is 0 Å². The molecule has 0 aliphatic heterocycles. The number of hydrogen-bond acceptors (Lipinski definition) is 1. The largest absolute Gasteiger partial charge is 0.355 e. The minimum atomic E-state index is 0.199. The fourth-order valence-electron chi connectivity index (χ4n) is 3.93. The van der Waals surface area contributed by atoms with Gasteiger partial charge in [-0.15, -0.1) is 0 Å². The van der Waals surface area contributed by atoms with Crippen molar-refractivity contribution in [1.82, 2.24) is 5.32 Å². The maximum absolute atomic E-state index is 12.4. The number of carbonyl (C=O) groups is 1. The Balaban J connectivity index is 1.35. The number of aryl methyl sites for hydroxylation is 1. The second-order valence-corrected chi connectivity index (χ2v) is 7.06. The highest BCUT2D eigenvalue weighted by Crippen LogP contribution is 2.47. The summed E-state index contributed by atoms with van der Waals surface area (Å²) in [6, 6.07) is 19.2. The lowest BCUT2D eigenvalue weighted by Gasteiger charge is -2.18. The number of carbonyl (C=O) groups excluding carboxylic acids is 1. The van der Waals surface area contributed by atoms with Gasteiger partial charge in [0.15, 0.2) is 0 Å². The molecule has 23 heavy (non-hydrogen) atoms. The van der Waals surface area contributed by atoms with E-state index in [2.05, 4.69) is 59.9 Å². The standard InChI is InChI=1S/C21H23NO/c23-20(14-17-11-10-16-6-4-5-9-19(16)17)22-15-21(12-13-21)18-7-2-1-3-8-18/h1-9,17H,10-15H2,(H,22,23). The monoisotopic (exact) mass is 305 g/mol. The summed E-state index contributed by atoms with van der Waals surface area (Å²) < 4.78 is 0. The van der Waals surface area contributed by atoms with Crippen LogP contribution < -0.4 is 5.32 Å². The van der Waals surface area contributed by atoms with E-state index >= 15 is 0 Å². The van der Waals surface area contributed by atoms with E-state index in [1.54, 1.807) is 0 Å². The molecule has 2 aromatic rings. The van der Waals surface area contributed by atoms with Crippen LogP contribution in [0.15, 0.2) is 54.6 Å². The minimum absolute atomic E-state index is 0.199. The average Bonchev–Trinajstić information content (AvgIpc) is 3.30. The summed E-state index contributed by atoms with van der Waals surface area (Å²) in [5.74, 6) is 0.604. The van der Waals surface area contributed by atoms with Gasteiger partial charge in [-0.3, -0.25) is 4.79 Å². The van der Waals surface area contributed by atoms with Gasteiger partial charge >= 0.3 is 0 Å². The highest BCUT2D eigenvalue weighted by atomic mass is 16.1. The molecule has 1 fully saturated rings. The van der Waals surface area contributed by atoms with Crippen molar-refractivity contribution in [2.24, 2.45) is 0 Å². The van der Waals surface area contributed by atoms with Crippen LogP contribution in [-0.2, 0) is 16.6 Å². The predicted molar refractivity (Wildman–Crippen MR) is 92.5 cm³/mol. The smallest absolute Gasteiger partial charge is 0.220 e. The zero-order chi connectivity index (χ0) is 15.7. The van der Waals surface area contributed by atoms with E-state index in [-0.39, 0.29) is 11.3 Å². The summed E-state index contributed by atoms with van der Waals surface area (Å²) in [5, 5.41) is 3.20. The second-order valence-electron chi connectivity index (χ2n) is 7.06. The van der Waals surface area contributed by atoms with Crippen molar-refractivity contribution >= 4 is 5.91 Å². The molecule has 2 aliphatic carbocycles. The lowest BCUT2D eigenvalue weighted by Crippen LogP contribution is -2.32. The maximum atomic E-state index is 12.4. The van der Waals surface area contributed by atoms with Crippen molar-refractivity contribution in [1.29, 1.82) is 0 Å². The molecule has 0 bridgehead atoms. The zero-order valence-corrected chi connectivity index (χ0v) is 13.4. The number of rotatable bonds is 5. The molecule has 1 saturated carbocycles. The normalized spacial score (nSPS) is 20.8. The van der Waals surface area contributed by atoms with Gasteiger partial charge in [-0.2, -0.15) is 0 Å². The molecule has 118 valence electrons. The van der Waals surface area contributed by atoms with E-state index in [0.717, 1.165) is 19.4 Å². The minimum Gasteiger partial charge on any atom is -0.355 e. The van der Waals surface area contributed by atoms with Crippen LogP contribution in [0.25, 0.3) is 0 Å². The number of amides is 1. The second kappa shape index (κ2) is 5.84. The summed E-state index contributed by atoms with van der Waals surface area (Å²) in [5.41, 5.74) is 4.37. The first-order valence-corrected chi connectivity index (χ1v) is 8.67. The van der Waals surface area contributed by atoms with E-state index < -0.39 is 0 Å².